The monoisotopic (exact) mass is 423 g/mol. The number of amides is 1. The fourth-order valence-electron chi connectivity index (χ4n) is 2.89. The number of thiazole rings is 1. The van der Waals surface area contributed by atoms with Crippen LogP contribution in [0, 0.1) is 5.82 Å². The molecule has 0 saturated heterocycles. The highest BCUT2D eigenvalue weighted by molar-refractivity contribution is 7.22. The molecule has 6 nitrogen and oxygen atoms in total. The van der Waals surface area contributed by atoms with Gasteiger partial charge in [0.15, 0.2) is 23.3 Å². The standard InChI is InChI=1S/C22H18FN3O3S/c1-28-18-10-6-11-19-21(18)25-22(30-19)26(13-15-7-4-5-12-24-15)20(27)14-29-17-9-3-2-8-16(17)23/h2-12H,13-14H2,1H3. The van der Waals surface area contributed by atoms with Gasteiger partial charge in [-0.1, -0.05) is 35.6 Å². The summed E-state index contributed by atoms with van der Waals surface area (Å²) in [5.74, 6) is -0.231. The average Bonchev–Trinajstić information content (AvgIpc) is 3.21. The Labute approximate surface area is 176 Å². The van der Waals surface area contributed by atoms with E-state index in [2.05, 4.69) is 9.97 Å². The number of rotatable bonds is 7. The molecule has 2 aromatic heterocycles. The van der Waals surface area contributed by atoms with Crippen molar-refractivity contribution in [3.05, 3.63) is 78.4 Å². The van der Waals surface area contributed by atoms with E-state index in [0.29, 0.717) is 22.1 Å². The Kier molecular flexibility index (Phi) is 5.85. The van der Waals surface area contributed by atoms with Crippen molar-refractivity contribution in [3.8, 4) is 11.5 Å². The molecule has 30 heavy (non-hydrogen) atoms. The summed E-state index contributed by atoms with van der Waals surface area (Å²) in [6.07, 6.45) is 1.66. The summed E-state index contributed by atoms with van der Waals surface area (Å²) in [4.78, 5) is 23.5. The smallest absolute Gasteiger partial charge is 0.267 e. The lowest BCUT2D eigenvalue weighted by molar-refractivity contribution is -0.120. The second-order valence-electron chi connectivity index (χ2n) is 6.32. The van der Waals surface area contributed by atoms with Gasteiger partial charge in [-0.3, -0.25) is 14.7 Å². The van der Waals surface area contributed by atoms with E-state index in [1.807, 2.05) is 30.3 Å². The molecular weight excluding hydrogens is 405 g/mol. The van der Waals surface area contributed by atoms with Crippen LogP contribution in [-0.2, 0) is 11.3 Å². The molecule has 0 aliphatic heterocycles. The second-order valence-corrected chi connectivity index (χ2v) is 7.33. The van der Waals surface area contributed by atoms with Gasteiger partial charge >= 0.3 is 0 Å². The predicted octanol–water partition coefficient (Wildman–Crippen LogP) is 4.45. The highest BCUT2D eigenvalue weighted by Crippen LogP contribution is 2.34. The van der Waals surface area contributed by atoms with E-state index < -0.39 is 5.82 Å². The molecule has 0 N–H and O–H groups in total. The number of ether oxygens (including phenoxy) is 2. The number of pyridine rings is 1. The van der Waals surface area contributed by atoms with E-state index in [4.69, 9.17) is 9.47 Å². The van der Waals surface area contributed by atoms with Crippen molar-refractivity contribution >= 4 is 32.6 Å². The van der Waals surface area contributed by atoms with E-state index in [-0.39, 0.29) is 24.8 Å². The summed E-state index contributed by atoms with van der Waals surface area (Å²) in [7, 11) is 1.58. The zero-order chi connectivity index (χ0) is 20.9. The van der Waals surface area contributed by atoms with Crippen LogP contribution in [0.1, 0.15) is 5.69 Å². The molecule has 2 aromatic carbocycles. The van der Waals surface area contributed by atoms with Gasteiger partial charge in [-0.2, -0.15) is 0 Å². The van der Waals surface area contributed by atoms with Gasteiger partial charge in [0, 0.05) is 6.20 Å². The van der Waals surface area contributed by atoms with Crippen LogP contribution in [0.15, 0.2) is 66.9 Å². The maximum absolute atomic E-state index is 13.8. The molecule has 0 radical (unpaired) electrons. The van der Waals surface area contributed by atoms with Gasteiger partial charge in [0.2, 0.25) is 0 Å². The van der Waals surface area contributed by atoms with Crippen LogP contribution in [-0.4, -0.2) is 29.6 Å². The maximum atomic E-state index is 13.8. The Bertz CT molecular complexity index is 1170. The van der Waals surface area contributed by atoms with Crippen LogP contribution in [0.3, 0.4) is 0 Å². The van der Waals surface area contributed by atoms with Gasteiger partial charge in [0.1, 0.15) is 11.3 Å². The number of methoxy groups -OCH3 is 1. The van der Waals surface area contributed by atoms with Crippen molar-refractivity contribution in [3.63, 3.8) is 0 Å². The summed E-state index contributed by atoms with van der Waals surface area (Å²) in [5.41, 5.74) is 1.37. The number of fused-ring (bicyclic) bond motifs is 1. The van der Waals surface area contributed by atoms with Crippen LogP contribution in [0.2, 0.25) is 0 Å². The van der Waals surface area contributed by atoms with E-state index in [0.717, 1.165) is 4.70 Å². The Balaban J connectivity index is 1.64. The third-order valence-corrected chi connectivity index (χ3v) is 5.40. The molecule has 0 unspecified atom stereocenters. The Morgan fingerprint density at radius 3 is 2.63 bits per heavy atom. The molecule has 4 aromatic rings. The van der Waals surface area contributed by atoms with E-state index in [9.17, 15) is 9.18 Å². The quantitative estimate of drug-likeness (QED) is 0.439. The number of halogens is 1. The first-order valence-corrected chi connectivity index (χ1v) is 9.98. The minimum atomic E-state index is -0.522. The topological polar surface area (TPSA) is 64.5 Å². The number of para-hydroxylation sites is 2. The molecule has 0 atom stereocenters. The second kappa shape index (κ2) is 8.87. The molecule has 0 aliphatic rings. The lowest BCUT2D eigenvalue weighted by Gasteiger charge is -2.19. The highest BCUT2D eigenvalue weighted by Gasteiger charge is 2.22. The SMILES string of the molecule is COc1cccc2sc(N(Cc3ccccn3)C(=O)COc3ccccc3F)nc12. The molecule has 1 amide bonds. The third-order valence-electron chi connectivity index (χ3n) is 4.36. The lowest BCUT2D eigenvalue weighted by atomic mass is 10.3. The van der Waals surface area contributed by atoms with Crippen LogP contribution in [0.4, 0.5) is 9.52 Å². The Morgan fingerprint density at radius 1 is 1.07 bits per heavy atom. The normalized spacial score (nSPS) is 10.7. The van der Waals surface area contributed by atoms with Crippen molar-refractivity contribution in [1.82, 2.24) is 9.97 Å². The first-order valence-electron chi connectivity index (χ1n) is 9.17. The molecule has 4 rings (SSSR count). The Morgan fingerprint density at radius 2 is 1.87 bits per heavy atom. The number of aromatic nitrogens is 2. The van der Waals surface area contributed by atoms with E-state index >= 15 is 0 Å². The van der Waals surface area contributed by atoms with Crippen LogP contribution < -0.4 is 14.4 Å². The van der Waals surface area contributed by atoms with Crippen molar-refractivity contribution in [2.45, 2.75) is 6.54 Å². The largest absolute Gasteiger partial charge is 0.494 e. The molecule has 0 bridgehead atoms. The predicted molar refractivity (Wildman–Crippen MR) is 113 cm³/mol. The number of carbonyl (C=O) groups excluding carboxylic acids is 1. The minimum absolute atomic E-state index is 0.0228. The fourth-order valence-corrected chi connectivity index (χ4v) is 3.89. The first-order chi connectivity index (χ1) is 14.7. The average molecular weight is 423 g/mol. The number of benzene rings is 2. The van der Waals surface area contributed by atoms with Gasteiger partial charge in [-0.15, -0.1) is 0 Å². The molecule has 0 fully saturated rings. The summed E-state index contributed by atoms with van der Waals surface area (Å²) in [6, 6.07) is 17.1. The fraction of sp³-hybridized carbons (Fsp3) is 0.136. The van der Waals surface area contributed by atoms with Gasteiger partial charge in [0.05, 0.1) is 24.0 Å². The Hall–Kier alpha value is -3.52. The van der Waals surface area contributed by atoms with Crippen LogP contribution in [0.25, 0.3) is 10.2 Å². The maximum Gasteiger partial charge on any atom is 0.267 e. The first kappa shape index (κ1) is 19.8. The van der Waals surface area contributed by atoms with Crippen LogP contribution in [0.5, 0.6) is 11.5 Å². The van der Waals surface area contributed by atoms with Gasteiger partial charge < -0.3 is 9.47 Å². The summed E-state index contributed by atoms with van der Waals surface area (Å²) in [6.45, 7) is -0.122. The zero-order valence-corrected chi connectivity index (χ0v) is 16.9. The zero-order valence-electron chi connectivity index (χ0n) is 16.1. The number of hydrogen-bond donors (Lipinski definition) is 0. The molecule has 0 saturated carbocycles. The molecule has 152 valence electrons. The van der Waals surface area contributed by atoms with Crippen LogP contribution >= 0.6 is 11.3 Å². The third kappa shape index (κ3) is 4.23. The summed E-state index contributed by atoms with van der Waals surface area (Å²) >= 11 is 1.36. The molecule has 0 aliphatic carbocycles. The molecule has 2 heterocycles. The van der Waals surface area contributed by atoms with Crippen molar-refractivity contribution in [2.24, 2.45) is 0 Å². The van der Waals surface area contributed by atoms with Crippen molar-refractivity contribution in [2.75, 3.05) is 18.6 Å². The van der Waals surface area contributed by atoms with Gasteiger partial charge in [-0.25, -0.2) is 9.37 Å². The number of carbonyl (C=O) groups is 1. The molecular formula is C22H18FN3O3S. The number of hydrogen-bond acceptors (Lipinski definition) is 6. The van der Waals surface area contributed by atoms with Gasteiger partial charge in [0.25, 0.3) is 5.91 Å². The molecule has 0 spiro atoms. The number of nitrogens with zero attached hydrogens (tertiary/aromatic N) is 3. The van der Waals surface area contributed by atoms with Gasteiger partial charge in [-0.05, 0) is 36.4 Å². The summed E-state index contributed by atoms with van der Waals surface area (Å²) in [5, 5.41) is 0.488. The summed E-state index contributed by atoms with van der Waals surface area (Å²) < 4.78 is 25.5. The van der Waals surface area contributed by atoms with E-state index in [1.165, 1.54) is 28.4 Å². The lowest BCUT2D eigenvalue weighted by Crippen LogP contribution is -2.34. The number of anilines is 1. The van der Waals surface area contributed by atoms with E-state index in [1.54, 1.807) is 31.5 Å². The highest BCUT2D eigenvalue weighted by atomic mass is 32.1. The minimum Gasteiger partial charge on any atom is -0.494 e. The van der Waals surface area contributed by atoms with Crippen molar-refractivity contribution < 1.29 is 18.7 Å². The molecule has 8 heteroatoms. The van der Waals surface area contributed by atoms with Crippen molar-refractivity contribution in [1.29, 1.82) is 0 Å².